The quantitative estimate of drug-likeness (QED) is 0.776. The average molecular weight is 355 g/mol. The molecule has 0 amide bonds. The van der Waals surface area contributed by atoms with Crippen LogP contribution in [0.2, 0.25) is 0 Å². The molecule has 8 heteroatoms. The first-order valence-corrected chi connectivity index (χ1v) is 8.40. The minimum Gasteiger partial charge on any atom is -0.461 e. The fourth-order valence-corrected chi connectivity index (χ4v) is 3.38. The van der Waals surface area contributed by atoms with Crippen LogP contribution in [0.4, 0.5) is 13.2 Å². The molecule has 2 aromatic heterocycles. The van der Waals surface area contributed by atoms with E-state index in [1.165, 1.54) is 6.07 Å². The average Bonchev–Trinajstić information content (AvgIpc) is 2.98. The molecular formula is C17H20F3N3O2. The number of esters is 1. The van der Waals surface area contributed by atoms with Crippen LogP contribution in [0.15, 0.2) is 12.1 Å². The van der Waals surface area contributed by atoms with Gasteiger partial charge in [0.15, 0.2) is 11.3 Å². The molecule has 1 fully saturated rings. The summed E-state index contributed by atoms with van der Waals surface area (Å²) in [7, 11) is 0. The van der Waals surface area contributed by atoms with Crippen LogP contribution in [0.3, 0.4) is 0 Å². The highest BCUT2D eigenvalue weighted by Gasteiger charge is 2.38. The Labute approximate surface area is 143 Å². The Morgan fingerprint density at radius 2 is 1.96 bits per heavy atom. The van der Waals surface area contributed by atoms with Gasteiger partial charge in [0, 0.05) is 11.5 Å². The van der Waals surface area contributed by atoms with Crippen molar-refractivity contribution >= 4 is 11.6 Å². The molecule has 136 valence electrons. The highest BCUT2D eigenvalue weighted by molar-refractivity contribution is 5.88. The van der Waals surface area contributed by atoms with Crippen LogP contribution in [0.25, 0.3) is 5.65 Å². The summed E-state index contributed by atoms with van der Waals surface area (Å²) in [6.45, 7) is 3.69. The molecule has 2 aromatic rings. The number of nitrogens with zero attached hydrogens (tertiary/aromatic N) is 3. The van der Waals surface area contributed by atoms with Crippen LogP contribution in [0, 0.1) is 0 Å². The Balaban J connectivity index is 2.16. The minimum atomic E-state index is -4.60. The van der Waals surface area contributed by atoms with Crippen molar-refractivity contribution in [1.29, 1.82) is 0 Å². The van der Waals surface area contributed by atoms with E-state index < -0.39 is 23.3 Å². The van der Waals surface area contributed by atoms with Crippen LogP contribution in [-0.2, 0) is 16.3 Å². The number of fused-ring (bicyclic) bond motifs is 1. The number of carbonyl (C=O) groups excluding carboxylic acids is 1. The van der Waals surface area contributed by atoms with Gasteiger partial charge in [0.05, 0.1) is 12.3 Å². The minimum absolute atomic E-state index is 0.0136. The first-order chi connectivity index (χ1) is 11.7. The second-order valence-electron chi connectivity index (χ2n) is 6.67. The van der Waals surface area contributed by atoms with Gasteiger partial charge in [0.25, 0.3) is 0 Å². The van der Waals surface area contributed by atoms with Gasteiger partial charge in [0.1, 0.15) is 5.69 Å². The summed E-state index contributed by atoms with van der Waals surface area (Å²) >= 11 is 0. The molecule has 0 aromatic carbocycles. The van der Waals surface area contributed by atoms with E-state index in [1.807, 2.05) is 6.92 Å². The molecule has 0 unspecified atom stereocenters. The van der Waals surface area contributed by atoms with Crippen molar-refractivity contribution in [1.82, 2.24) is 14.6 Å². The molecule has 3 rings (SSSR count). The van der Waals surface area contributed by atoms with Crippen LogP contribution in [0.5, 0.6) is 0 Å². The molecule has 1 saturated carbocycles. The second kappa shape index (κ2) is 6.31. The Morgan fingerprint density at radius 1 is 1.28 bits per heavy atom. The molecule has 0 saturated heterocycles. The lowest BCUT2D eigenvalue weighted by Crippen LogP contribution is -2.28. The first kappa shape index (κ1) is 17.7. The molecule has 0 radical (unpaired) electrons. The highest BCUT2D eigenvalue weighted by Crippen LogP contribution is 2.40. The smallest absolute Gasteiger partial charge is 0.433 e. The van der Waals surface area contributed by atoms with Gasteiger partial charge in [-0.25, -0.2) is 14.3 Å². The fraction of sp³-hybridized carbons (Fsp3) is 0.588. The molecule has 1 aliphatic carbocycles. The third-order valence-electron chi connectivity index (χ3n) is 4.78. The Kier molecular flexibility index (Phi) is 4.47. The Hall–Kier alpha value is -2.12. The zero-order valence-electron chi connectivity index (χ0n) is 14.2. The molecule has 0 atom stereocenters. The maximum absolute atomic E-state index is 13.5. The number of hydrogen-bond acceptors (Lipinski definition) is 4. The number of alkyl halides is 3. The maximum atomic E-state index is 13.5. The molecule has 0 spiro atoms. The van der Waals surface area contributed by atoms with Gasteiger partial charge in [0.2, 0.25) is 0 Å². The van der Waals surface area contributed by atoms with Crippen LogP contribution in [0.1, 0.15) is 67.8 Å². The monoisotopic (exact) mass is 355 g/mol. The van der Waals surface area contributed by atoms with E-state index in [4.69, 9.17) is 4.74 Å². The molecule has 25 heavy (non-hydrogen) atoms. The lowest BCUT2D eigenvalue weighted by atomic mass is 9.73. The largest absolute Gasteiger partial charge is 0.461 e. The summed E-state index contributed by atoms with van der Waals surface area (Å²) in [5.74, 6) is -0.758. The van der Waals surface area contributed by atoms with E-state index in [0.717, 1.165) is 38.2 Å². The maximum Gasteiger partial charge on any atom is 0.433 e. The first-order valence-electron chi connectivity index (χ1n) is 8.40. The zero-order valence-corrected chi connectivity index (χ0v) is 14.2. The van der Waals surface area contributed by atoms with E-state index in [-0.39, 0.29) is 17.9 Å². The van der Waals surface area contributed by atoms with E-state index in [9.17, 15) is 18.0 Å². The zero-order chi connectivity index (χ0) is 18.2. The molecule has 0 bridgehead atoms. The molecular weight excluding hydrogens is 335 g/mol. The highest BCUT2D eigenvalue weighted by atomic mass is 19.4. The number of hydrogen-bond donors (Lipinski definition) is 0. The topological polar surface area (TPSA) is 56.5 Å². The van der Waals surface area contributed by atoms with Crippen molar-refractivity contribution in [2.45, 2.75) is 57.5 Å². The van der Waals surface area contributed by atoms with Gasteiger partial charge in [-0.3, -0.25) is 0 Å². The summed E-state index contributed by atoms with van der Waals surface area (Å²) in [4.78, 5) is 16.2. The summed E-state index contributed by atoms with van der Waals surface area (Å²) in [5.41, 5.74) is -1.07. The van der Waals surface area contributed by atoms with Gasteiger partial charge in [-0.15, -0.1) is 0 Å². The van der Waals surface area contributed by atoms with E-state index >= 15 is 0 Å². The van der Waals surface area contributed by atoms with Crippen molar-refractivity contribution in [3.05, 3.63) is 29.2 Å². The van der Waals surface area contributed by atoms with Gasteiger partial charge >= 0.3 is 12.1 Å². The molecule has 1 aliphatic rings. The van der Waals surface area contributed by atoms with Gasteiger partial charge in [-0.05, 0) is 25.8 Å². The molecule has 0 N–H and O–H groups in total. The third-order valence-corrected chi connectivity index (χ3v) is 4.78. The van der Waals surface area contributed by atoms with Gasteiger partial charge in [-0.2, -0.15) is 18.3 Å². The lowest BCUT2D eigenvalue weighted by Gasteiger charge is -2.33. The number of aromatic nitrogens is 3. The predicted octanol–water partition coefficient (Wildman–Crippen LogP) is 4.15. The molecule has 5 nitrogen and oxygen atoms in total. The summed E-state index contributed by atoms with van der Waals surface area (Å²) < 4.78 is 46.1. The summed E-state index contributed by atoms with van der Waals surface area (Å²) in [6, 6.07) is 2.32. The summed E-state index contributed by atoms with van der Waals surface area (Å²) in [5, 5.41) is 3.77. The van der Waals surface area contributed by atoms with Crippen LogP contribution < -0.4 is 0 Å². The second-order valence-corrected chi connectivity index (χ2v) is 6.67. The standard InChI is InChI=1S/C17H20F3N3O2/c1-3-25-15(24)11-9-14-21-12(16(2)7-5-4-6-8-16)10-13(17(18,19)20)23(14)22-11/h9-10H,3-8H2,1-2H3. The lowest BCUT2D eigenvalue weighted by molar-refractivity contribution is -0.142. The Morgan fingerprint density at radius 3 is 2.56 bits per heavy atom. The summed E-state index contributed by atoms with van der Waals surface area (Å²) in [6.07, 6.45) is 0.0251. The van der Waals surface area contributed by atoms with Gasteiger partial charge < -0.3 is 4.74 Å². The van der Waals surface area contributed by atoms with Crippen molar-refractivity contribution in [2.24, 2.45) is 0 Å². The van der Waals surface area contributed by atoms with Crippen molar-refractivity contribution < 1.29 is 22.7 Å². The van der Waals surface area contributed by atoms with E-state index in [2.05, 4.69) is 10.1 Å². The van der Waals surface area contributed by atoms with Crippen molar-refractivity contribution in [3.8, 4) is 0 Å². The van der Waals surface area contributed by atoms with Crippen molar-refractivity contribution in [2.75, 3.05) is 6.61 Å². The van der Waals surface area contributed by atoms with E-state index in [0.29, 0.717) is 10.2 Å². The number of carbonyl (C=O) groups is 1. The molecule has 0 aliphatic heterocycles. The predicted molar refractivity (Wildman–Crippen MR) is 84.4 cm³/mol. The Bertz CT molecular complexity index is 792. The van der Waals surface area contributed by atoms with Crippen LogP contribution in [-0.4, -0.2) is 27.2 Å². The third kappa shape index (κ3) is 3.34. The van der Waals surface area contributed by atoms with E-state index in [1.54, 1.807) is 6.92 Å². The fourth-order valence-electron chi connectivity index (χ4n) is 3.38. The normalized spacial score (nSPS) is 17.6. The van der Waals surface area contributed by atoms with Crippen LogP contribution >= 0.6 is 0 Å². The number of rotatable bonds is 3. The molecule has 2 heterocycles. The number of halogens is 3. The van der Waals surface area contributed by atoms with Gasteiger partial charge in [-0.1, -0.05) is 26.2 Å². The van der Waals surface area contributed by atoms with Crippen molar-refractivity contribution in [3.63, 3.8) is 0 Å². The SMILES string of the molecule is CCOC(=O)c1cc2nc(C3(C)CCCCC3)cc(C(F)(F)F)n2n1. The number of ether oxygens (including phenoxy) is 1.